The van der Waals surface area contributed by atoms with E-state index in [0.717, 1.165) is 51.4 Å². The Hall–Kier alpha value is -2.11. The fraction of sp³-hybridized carbons (Fsp3) is 0.875. The Morgan fingerprint density at radius 3 is 0.984 bits per heavy atom. The molecule has 0 heterocycles. The maximum Gasteiger partial charge on any atom is 0.306 e. The highest BCUT2D eigenvalue weighted by molar-refractivity contribution is 5.71. The summed E-state index contributed by atoms with van der Waals surface area (Å²) in [6.07, 6.45) is 58.9. The van der Waals surface area contributed by atoms with Crippen molar-refractivity contribution in [2.45, 2.75) is 303 Å². The van der Waals surface area contributed by atoms with Gasteiger partial charge in [-0.15, -0.1) is 0 Å². The molecule has 0 radical (unpaired) electrons. The third kappa shape index (κ3) is 48.9. The summed E-state index contributed by atoms with van der Waals surface area (Å²) < 4.78 is 16.8. The van der Waals surface area contributed by atoms with Crippen LogP contribution in [0, 0.1) is 0 Å². The van der Waals surface area contributed by atoms with Crippen molar-refractivity contribution < 1.29 is 28.6 Å². The molecule has 0 aliphatic carbocycles. The minimum atomic E-state index is -0.787. The van der Waals surface area contributed by atoms with Gasteiger partial charge in [0.2, 0.25) is 0 Å². The fourth-order valence-corrected chi connectivity index (χ4v) is 8.09. The summed E-state index contributed by atoms with van der Waals surface area (Å²) in [4.78, 5) is 38.0. The van der Waals surface area contributed by atoms with Crippen molar-refractivity contribution in [1.29, 1.82) is 0 Å². The molecule has 6 heteroatoms. The van der Waals surface area contributed by atoms with E-state index in [1.165, 1.54) is 199 Å². The summed E-state index contributed by atoms with van der Waals surface area (Å²) in [5.41, 5.74) is 0. The van der Waals surface area contributed by atoms with E-state index in [2.05, 4.69) is 39.0 Å². The average Bonchev–Trinajstić information content (AvgIpc) is 3.27. The van der Waals surface area contributed by atoms with Crippen molar-refractivity contribution >= 4 is 17.9 Å². The molecule has 0 spiro atoms. The van der Waals surface area contributed by atoms with Crippen LogP contribution in [0.1, 0.15) is 297 Å². The van der Waals surface area contributed by atoms with Gasteiger partial charge in [-0.2, -0.15) is 0 Å². The van der Waals surface area contributed by atoms with Crippen LogP contribution < -0.4 is 0 Å². The lowest BCUT2D eigenvalue weighted by molar-refractivity contribution is -0.166. The zero-order valence-corrected chi connectivity index (χ0v) is 41.7. The molecule has 0 bridgehead atoms. The number of hydrogen-bond acceptors (Lipinski definition) is 6. The highest BCUT2D eigenvalue weighted by Gasteiger charge is 2.19. The molecule has 0 aromatic rings. The minimum absolute atomic E-state index is 0.0828. The Balaban J connectivity index is 4.37. The Kier molecular flexibility index (Phi) is 49.8. The molecule has 0 fully saturated rings. The molecule has 0 aromatic carbocycles. The molecule has 1 unspecified atom stereocenters. The number of carbonyl (C=O) groups excluding carboxylic acids is 3. The fourth-order valence-electron chi connectivity index (χ4n) is 8.09. The van der Waals surface area contributed by atoms with Crippen molar-refractivity contribution in [3.63, 3.8) is 0 Å². The monoisotopic (exact) mass is 873 g/mol. The van der Waals surface area contributed by atoms with Gasteiger partial charge in [-0.05, 0) is 38.5 Å². The zero-order chi connectivity index (χ0) is 45.1. The Labute approximate surface area is 385 Å². The molecule has 6 nitrogen and oxygen atoms in total. The Morgan fingerprint density at radius 2 is 0.613 bits per heavy atom. The third-order valence-electron chi connectivity index (χ3n) is 12.2. The van der Waals surface area contributed by atoms with Crippen molar-refractivity contribution in [2.24, 2.45) is 0 Å². The second-order valence-electron chi connectivity index (χ2n) is 18.5. The summed E-state index contributed by atoms with van der Waals surface area (Å²) in [6, 6.07) is 0. The predicted molar refractivity (Wildman–Crippen MR) is 266 cm³/mol. The number of allylic oxidation sites excluding steroid dienone is 4. The smallest absolute Gasteiger partial charge is 0.306 e. The lowest BCUT2D eigenvalue weighted by atomic mass is 10.0. The molecular weight excluding hydrogens is 769 g/mol. The molecular formula is C56H104O6. The van der Waals surface area contributed by atoms with Crippen LogP contribution in [0.5, 0.6) is 0 Å². The molecule has 0 aliphatic rings. The van der Waals surface area contributed by atoms with Gasteiger partial charge < -0.3 is 14.2 Å². The van der Waals surface area contributed by atoms with E-state index < -0.39 is 6.10 Å². The number of carbonyl (C=O) groups is 3. The van der Waals surface area contributed by atoms with Gasteiger partial charge >= 0.3 is 17.9 Å². The van der Waals surface area contributed by atoms with Crippen molar-refractivity contribution in [1.82, 2.24) is 0 Å². The second-order valence-corrected chi connectivity index (χ2v) is 18.5. The maximum absolute atomic E-state index is 12.8. The van der Waals surface area contributed by atoms with E-state index in [1.807, 2.05) is 6.08 Å². The van der Waals surface area contributed by atoms with Gasteiger partial charge in [0, 0.05) is 19.3 Å². The summed E-state index contributed by atoms with van der Waals surface area (Å²) in [5, 5.41) is 0. The van der Waals surface area contributed by atoms with E-state index in [9.17, 15) is 14.4 Å². The number of hydrogen-bond donors (Lipinski definition) is 0. The van der Waals surface area contributed by atoms with Crippen LogP contribution in [-0.2, 0) is 28.6 Å². The summed E-state index contributed by atoms with van der Waals surface area (Å²) >= 11 is 0. The van der Waals surface area contributed by atoms with Crippen LogP contribution in [0.2, 0.25) is 0 Å². The van der Waals surface area contributed by atoms with Gasteiger partial charge in [0.25, 0.3) is 0 Å². The SMILES string of the molecule is CCCCCCCC/C=C\C/C=C\CCC(=O)OCC(COC(=O)CCCCCCCCCCCCCCCCCC)OC(=O)CCCCCCCCCCCCCCCCC. The van der Waals surface area contributed by atoms with E-state index in [0.29, 0.717) is 19.3 Å². The second kappa shape index (κ2) is 51.5. The van der Waals surface area contributed by atoms with Gasteiger partial charge in [0.1, 0.15) is 13.2 Å². The predicted octanol–water partition coefficient (Wildman–Crippen LogP) is 17.9. The average molecular weight is 873 g/mol. The van der Waals surface area contributed by atoms with E-state index >= 15 is 0 Å². The molecule has 0 N–H and O–H groups in total. The van der Waals surface area contributed by atoms with Crippen LogP contribution >= 0.6 is 0 Å². The molecule has 1 atom stereocenters. The molecule has 62 heavy (non-hydrogen) atoms. The number of esters is 3. The molecule has 0 amide bonds. The van der Waals surface area contributed by atoms with Gasteiger partial charge in [0.05, 0.1) is 0 Å². The molecule has 0 rings (SSSR count). The minimum Gasteiger partial charge on any atom is -0.462 e. The molecule has 364 valence electrons. The van der Waals surface area contributed by atoms with Crippen LogP contribution in [0.25, 0.3) is 0 Å². The first-order valence-electron chi connectivity index (χ1n) is 27.3. The van der Waals surface area contributed by atoms with E-state index in [1.54, 1.807) is 0 Å². The summed E-state index contributed by atoms with van der Waals surface area (Å²) in [5.74, 6) is -0.936. The number of ether oxygens (including phenoxy) is 3. The standard InChI is InChI=1S/C56H104O6/c1-4-7-10-13-16-19-22-25-27-29-31-34-37-40-43-46-49-55(58)61-52-53(51-60-54(57)48-45-42-39-36-33-30-24-21-18-15-12-9-6-3)62-56(59)50-47-44-41-38-35-32-28-26-23-20-17-14-11-8-5-2/h30,33,39,42,53H,4-29,31-32,34-38,40-41,43-52H2,1-3H3/b33-30-,42-39-. The lowest BCUT2D eigenvalue weighted by Gasteiger charge is -2.18. The van der Waals surface area contributed by atoms with E-state index in [-0.39, 0.29) is 37.5 Å². The first-order chi connectivity index (χ1) is 30.5. The van der Waals surface area contributed by atoms with Gasteiger partial charge in [-0.25, -0.2) is 0 Å². The zero-order valence-electron chi connectivity index (χ0n) is 41.7. The molecule has 0 saturated carbocycles. The Morgan fingerprint density at radius 1 is 0.323 bits per heavy atom. The first kappa shape index (κ1) is 59.9. The summed E-state index contributed by atoms with van der Waals surface area (Å²) in [7, 11) is 0. The van der Waals surface area contributed by atoms with Crippen molar-refractivity contribution in [2.75, 3.05) is 13.2 Å². The van der Waals surface area contributed by atoms with Crippen molar-refractivity contribution in [3.8, 4) is 0 Å². The summed E-state index contributed by atoms with van der Waals surface area (Å²) in [6.45, 7) is 6.62. The first-order valence-corrected chi connectivity index (χ1v) is 27.3. The number of rotatable bonds is 50. The van der Waals surface area contributed by atoms with Crippen LogP contribution in [0.3, 0.4) is 0 Å². The number of unbranched alkanes of at least 4 members (excludes halogenated alkanes) is 35. The van der Waals surface area contributed by atoms with Gasteiger partial charge in [0.15, 0.2) is 6.10 Å². The molecule has 0 aromatic heterocycles. The highest BCUT2D eigenvalue weighted by Crippen LogP contribution is 2.16. The lowest BCUT2D eigenvalue weighted by Crippen LogP contribution is -2.30. The van der Waals surface area contributed by atoms with Crippen LogP contribution in [-0.4, -0.2) is 37.2 Å². The normalized spacial score (nSPS) is 12.1. The largest absolute Gasteiger partial charge is 0.462 e. The molecule has 0 aliphatic heterocycles. The van der Waals surface area contributed by atoms with Crippen molar-refractivity contribution in [3.05, 3.63) is 24.3 Å². The highest BCUT2D eigenvalue weighted by atomic mass is 16.6. The van der Waals surface area contributed by atoms with Crippen LogP contribution in [0.15, 0.2) is 24.3 Å². The molecule has 0 saturated heterocycles. The van der Waals surface area contributed by atoms with Gasteiger partial charge in [-0.1, -0.05) is 263 Å². The van der Waals surface area contributed by atoms with Crippen LogP contribution in [0.4, 0.5) is 0 Å². The third-order valence-corrected chi connectivity index (χ3v) is 12.2. The quantitative estimate of drug-likeness (QED) is 0.0262. The van der Waals surface area contributed by atoms with Gasteiger partial charge in [-0.3, -0.25) is 14.4 Å². The topological polar surface area (TPSA) is 78.9 Å². The Bertz CT molecular complexity index is 1000. The maximum atomic E-state index is 12.8. The van der Waals surface area contributed by atoms with E-state index in [4.69, 9.17) is 14.2 Å².